The lowest BCUT2D eigenvalue weighted by atomic mass is 10.1. The zero-order valence-corrected chi connectivity index (χ0v) is 13.4. The molecule has 128 valence electrons. The molecule has 0 radical (unpaired) electrons. The molecule has 1 amide bonds. The predicted molar refractivity (Wildman–Crippen MR) is 89.0 cm³/mol. The van der Waals surface area contributed by atoms with Gasteiger partial charge in [-0.2, -0.15) is 0 Å². The summed E-state index contributed by atoms with van der Waals surface area (Å²) in [6.07, 6.45) is 0.505. The number of ether oxygens (including phenoxy) is 1. The van der Waals surface area contributed by atoms with Crippen molar-refractivity contribution in [3.63, 3.8) is 0 Å². The first-order valence-corrected chi connectivity index (χ1v) is 8.08. The van der Waals surface area contributed by atoms with E-state index in [1.807, 2.05) is 35.2 Å². The average Bonchev–Trinajstić information content (AvgIpc) is 3.08. The minimum Gasteiger partial charge on any atom is -0.396 e. The fraction of sp³-hybridized carbons (Fsp3) is 0.412. The van der Waals surface area contributed by atoms with Crippen LogP contribution in [0.4, 0.5) is 5.82 Å². The summed E-state index contributed by atoms with van der Waals surface area (Å²) in [5.74, 6) is 0.752. The molecule has 24 heavy (non-hydrogen) atoms. The van der Waals surface area contributed by atoms with Crippen molar-refractivity contribution in [3.05, 3.63) is 35.9 Å². The molecule has 7 heteroatoms. The van der Waals surface area contributed by atoms with Gasteiger partial charge in [-0.1, -0.05) is 35.5 Å². The van der Waals surface area contributed by atoms with Crippen LogP contribution in [0.15, 0.2) is 34.9 Å². The van der Waals surface area contributed by atoms with Crippen molar-refractivity contribution < 1.29 is 19.2 Å². The Morgan fingerprint density at radius 2 is 2.00 bits per heavy atom. The molecular weight excluding hydrogens is 310 g/mol. The maximum atomic E-state index is 12.7. The van der Waals surface area contributed by atoms with E-state index in [-0.39, 0.29) is 12.5 Å². The number of anilines is 1. The molecule has 0 unspecified atom stereocenters. The van der Waals surface area contributed by atoms with E-state index in [0.29, 0.717) is 56.4 Å². The lowest BCUT2D eigenvalue weighted by molar-refractivity contribution is 0.0950. The van der Waals surface area contributed by atoms with Gasteiger partial charge in [-0.05, 0) is 6.42 Å². The molecule has 0 saturated carbocycles. The van der Waals surface area contributed by atoms with Gasteiger partial charge >= 0.3 is 0 Å². The Morgan fingerprint density at radius 1 is 1.25 bits per heavy atom. The van der Waals surface area contributed by atoms with Crippen molar-refractivity contribution in [2.45, 2.75) is 6.42 Å². The first kappa shape index (κ1) is 16.5. The van der Waals surface area contributed by atoms with Gasteiger partial charge in [0, 0.05) is 31.8 Å². The number of carbonyl (C=O) groups excluding carboxylic acids is 1. The quantitative estimate of drug-likeness (QED) is 0.776. The molecule has 0 aliphatic carbocycles. The monoisotopic (exact) mass is 331 g/mol. The van der Waals surface area contributed by atoms with Crippen LogP contribution >= 0.6 is 0 Å². The number of nitrogens with zero attached hydrogens (tertiary/aromatic N) is 2. The molecule has 1 fully saturated rings. The number of aromatic nitrogens is 1. The number of hydrogen-bond donors (Lipinski definition) is 2. The molecule has 2 aromatic rings. The number of benzene rings is 1. The van der Waals surface area contributed by atoms with E-state index >= 15 is 0 Å². The van der Waals surface area contributed by atoms with Crippen LogP contribution in [0.2, 0.25) is 0 Å². The Morgan fingerprint density at radius 3 is 2.71 bits per heavy atom. The topological polar surface area (TPSA) is 87.8 Å². The summed E-state index contributed by atoms with van der Waals surface area (Å²) >= 11 is 0. The zero-order valence-electron chi connectivity index (χ0n) is 13.4. The van der Waals surface area contributed by atoms with Crippen LogP contribution in [0.3, 0.4) is 0 Å². The summed E-state index contributed by atoms with van der Waals surface area (Å²) < 4.78 is 10.9. The van der Waals surface area contributed by atoms with Crippen LogP contribution < -0.4 is 10.2 Å². The van der Waals surface area contributed by atoms with Crippen molar-refractivity contribution in [1.82, 2.24) is 10.5 Å². The maximum Gasteiger partial charge on any atom is 0.259 e. The summed E-state index contributed by atoms with van der Waals surface area (Å²) in [5.41, 5.74) is 1.23. The van der Waals surface area contributed by atoms with Gasteiger partial charge in [-0.3, -0.25) is 4.79 Å². The molecule has 1 aliphatic rings. The van der Waals surface area contributed by atoms with Gasteiger partial charge in [0.25, 0.3) is 5.91 Å². The number of aliphatic hydroxyl groups is 1. The standard InChI is InChI=1S/C17H21N3O4/c21-10-4-7-18-17(22)14-15(13-5-2-1-3-6-13)24-19-16(14)20-8-11-23-12-9-20/h1-3,5-6,21H,4,7-12H2,(H,18,22). The van der Waals surface area contributed by atoms with E-state index in [1.54, 1.807) is 0 Å². The smallest absolute Gasteiger partial charge is 0.259 e. The molecule has 0 atom stereocenters. The first-order valence-electron chi connectivity index (χ1n) is 8.08. The normalized spacial score (nSPS) is 14.6. The van der Waals surface area contributed by atoms with Crippen LogP contribution in [0.5, 0.6) is 0 Å². The predicted octanol–water partition coefficient (Wildman–Crippen LogP) is 1.29. The van der Waals surface area contributed by atoms with Crippen LogP contribution in [0.25, 0.3) is 11.3 Å². The fourth-order valence-electron chi connectivity index (χ4n) is 2.63. The van der Waals surface area contributed by atoms with E-state index in [2.05, 4.69) is 10.5 Å². The Kier molecular flexibility index (Phi) is 5.45. The summed E-state index contributed by atoms with van der Waals surface area (Å²) in [6.45, 7) is 2.96. The molecular formula is C17H21N3O4. The molecule has 2 heterocycles. The minimum absolute atomic E-state index is 0.0335. The van der Waals surface area contributed by atoms with Gasteiger partial charge in [0.05, 0.1) is 13.2 Å². The summed E-state index contributed by atoms with van der Waals surface area (Å²) in [7, 11) is 0. The zero-order chi connectivity index (χ0) is 16.8. The largest absolute Gasteiger partial charge is 0.396 e. The Hall–Kier alpha value is -2.38. The van der Waals surface area contributed by atoms with Crippen LogP contribution in [0, 0.1) is 0 Å². The summed E-state index contributed by atoms with van der Waals surface area (Å²) in [4.78, 5) is 14.7. The molecule has 1 saturated heterocycles. The van der Waals surface area contributed by atoms with Crippen LogP contribution in [-0.2, 0) is 4.74 Å². The van der Waals surface area contributed by atoms with Crippen molar-refractivity contribution in [2.75, 3.05) is 44.4 Å². The highest BCUT2D eigenvalue weighted by Gasteiger charge is 2.28. The molecule has 1 aromatic heterocycles. The highest BCUT2D eigenvalue weighted by molar-refractivity contribution is 6.04. The van der Waals surface area contributed by atoms with Gasteiger partial charge < -0.3 is 24.6 Å². The molecule has 0 bridgehead atoms. The second-order valence-corrected chi connectivity index (χ2v) is 5.51. The second kappa shape index (κ2) is 7.94. The third-order valence-electron chi connectivity index (χ3n) is 3.87. The number of morpholine rings is 1. The molecule has 0 spiro atoms. The maximum absolute atomic E-state index is 12.7. The van der Waals surface area contributed by atoms with E-state index in [1.165, 1.54) is 0 Å². The number of amides is 1. The van der Waals surface area contributed by atoms with E-state index < -0.39 is 0 Å². The van der Waals surface area contributed by atoms with Gasteiger partial charge in [0.1, 0.15) is 5.56 Å². The third kappa shape index (κ3) is 3.58. The molecule has 1 aromatic carbocycles. The SMILES string of the molecule is O=C(NCCCO)c1c(N2CCOCC2)noc1-c1ccccc1. The highest BCUT2D eigenvalue weighted by Crippen LogP contribution is 2.31. The summed E-state index contributed by atoms with van der Waals surface area (Å²) in [5, 5.41) is 15.9. The van der Waals surface area contributed by atoms with Crippen LogP contribution in [0.1, 0.15) is 16.8 Å². The molecule has 3 rings (SSSR count). The average molecular weight is 331 g/mol. The number of carbonyl (C=O) groups is 1. The molecule has 7 nitrogen and oxygen atoms in total. The third-order valence-corrected chi connectivity index (χ3v) is 3.87. The Bertz CT molecular complexity index is 666. The highest BCUT2D eigenvalue weighted by atomic mass is 16.5. The van der Waals surface area contributed by atoms with Crippen molar-refractivity contribution in [1.29, 1.82) is 0 Å². The number of hydrogen-bond acceptors (Lipinski definition) is 6. The Balaban J connectivity index is 1.93. The minimum atomic E-state index is -0.245. The van der Waals surface area contributed by atoms with Gasteiger partial charge in [-0.25, -0.2) is 0 Å². The number of aliphatic hydroxyl groups excluding tert-OH is 1. The van der Waals surface area contributed by atoms with Crippen molar-refractivity contribution >= 4 is 11.7 Å². The fourth-order valence-corrected chi connectivity index (χ4v) is 2.63. The molecule has 2 N–H and O–H groups in total. The Labute approximate surface area is 140 Å². The van der Waals surface area contributed by atoms with Gasteiger partial charge in [-0.15, -0.1) is 0 Å². The number of nitrogens with one attached hydrogen (secondary N) is 1. The van der Waals surface area contributed by atoms with Crippen LogP contribution in [-0.4, -0.2) is 55.6 Å². The number of rotatable bonds is 6. The molecule has 1 aliphatic heterocycles. The van der Waals surface area contributed by atoms with E-state index in [4.69, 9.17) is 14.4 Å². The van der Waals surface area contributed by atoms with Crippen molar-refractivity contribution in [3.8, 4) is 11.3 Å². The first-order chi connectivity index (χ1) is 11.8. The van der Waals surface area contributed by atoms with Crippen molar-refractivity contribution in [2.24, 2.45) is 0 Å². The second-order valence-electron chi connectivity index (χ2n) is 5.51. The van der Waals surface area contributed by atoms with Gasteiger partial charge in [0.2, 0.25) is 0 Å². The summed E-state index contributed by atoms with van der Waals surface area (Å²) in [6, 6.07) is 9.45. The van der Waals surface area contributed by atoms with E-state index in [9.17, 15) is 4.79 Å². The van der Waals surface area contributed by atoms with E-state index in [0.717, 1.165) is 5.56 Å². The lowest BCUT2D eigenvalue weighted by Gasteiger charge is -2.26. The lowest BCUT2D eigenvalue weighted by Crippen LogP contribution is -2.38. The van der Waals surface area contributed by atoms with Gasteiger partial charge in [0.15, 0.2) is 11.6 Å².